The van der Waals surface area contributed by atoms with Crippen molar-refractivity contribution in [1.82, 2.24) is 5.32 Å². The third kappa shape index (κ3) is 4.95. The minimum absolute atomic E-state index is 0.0575. The summed E-state index contributed by atoms with van der Waals surface area (Å²) < 4.78 is 26.9. The van der Waals surface area contributed by atoms with E-state index in [-0.39, 0.29) is 19.3 Å². The highest BCUT2D eigenvalue weighted by molar-refractivity contribution is 5.77. The zero-order valence-electron chi connectivity index (χ0n) is 14.5. The van der Waals surface area contributed by atoms with Crippen molar-refractivity contribution in [3.63, 3.8) is 0 Å². The molecule has 0 saturated heterocycles. The second kappa shape index (κ2) is 8.84. The summed E-state index contributed by atoms with van der Waals surface area (Å²) in [5.41, 5.74) is 0. The van der Waals surface area contributed by atoms with Crippen LogP contribution in [0.15, 0.2) is 42.5 Å². The van der Waals surface area contributed by atoms with Crippen molar-refractivity contribution in [2.24, 2.45) is 0 Å². The normalized spacial score (nSPS) is 11.7. The first-order valence-corrected chi connectivity index (χ1v) is 8.39. The van der Waals surface area contributed by atoms with E-state index < -0.39 is 0 Å². The largest absolute Gasteiger partial charge is 0.494 e. The summed E-state index contributed by atoms with van der Waals surface area (Å²) in [6.45, 7) is 3.41. The van der Waals surface area contributed by atoms with Crippen LogP contribution < -0.4 is 29.0 Å². The van der Waals surface area contributed by atoms with Crippen LogP contribution in [0.1, 0.15) is 6.92 Å². The Morgan fingerprint density at radius 1 is 0.962 bits per heavy atom. The summed E-state index contributed by atoms with van der Waals surface area (Å²) in [5, 5.41) is 2.74. The molecule has 0 aliphatic carbocycles. The molecule has 2 aromatic rings. The van der Waals surface area contributed by atoms with Crippen LogP contribution >= 0.6 is 0 Å². The van der Waals surface area contributed by atoms with Crippen molar-refractivity contribution in [1.29, 1.82) is 0 Å². The molecule has 1 aliphatic rings. The van der Waals surface area contributed by atoms with Gasteiger partial charge >= 0.3 is 0 Å². The van der Waals surface area contributed by atoms with E-state index in [9.17, 15) is 4.79 Å². The van der Waals surface area contributed by atoms with E-state index in [1.54, 1.807) is 42.5 Å². The average Bonchev–Trinajstić information content (AvgIpc) is 3.13. The molecule has 2 aromatic carbocycles. The van der Waals surface area contributed by atoms with Crippen LogP contribution in [0.3, 0.4) is 0 Å². The number of ether oxygens (including phenoxy) is 5. The highest BCUT2D eigenvalue weighted by Crippen LogP contribution is 2.34. The molecule has 0 radical (unpaired) electrons. The summed E-state index contributed by atoms with van der Waals surface area (Å²) in [7, 11) is 0. The van der Waals surface area contributed by atoms with E-state index in [1.165, 1.54) is 0 Å². The first-order valence-electron chi connectivity index (χ1n) is 8.39. The van der Waals surface area contributed by atoms with E-state index >= 15 is 0 Å². The fourth-order valence-electron chi connectivity index (χ4n) is 2.32. The second-order valence-electron chi connectivity index (χ2n) is 5.41. The van der Waals surface area contributed by atoms with Crippen molar-refractivity contribution < 1.29 is 28.5 Å². The molecule has 26 heavy (non-hydrogen) atoms. The molecule has 3 rings (SSSR count). The monoisotopic (exact) mass is 359 g/mol. The predicted octanol–water partition coefficient (Wildman–Crippen LogP) is 2.39. The van der Waals surface area contributed by atoms with Crippen molar-refractivity contribution in [2.45, 2.75) is 6.92 Å². The van der Waals surface area contributed by atoms with E-state index in [2.05, 4.69) is 5.32 Å². The molecular weight excluding hydrogens is 338 g/mol. The Kier molecular flexibility index (Phi) is 6.03. The molecule has 7 heteroatoms. The molecule has 1 amide bonds. The van der Waals surface area contributed by atoms with Gasteiger partial charge in [0.1, 0.15) is 23.9 Å². The fourth-order valence-corrected chi connectivity index (χ4v) is 2.32. The minimum Gasteiger partial charge on any atom is -0.494 e. The number of hydrogen-bond donors (Lipinski definition) is 1. The Labute approximate surface area is 151 Å². The second-order valence-corrected chi connectivity index (χ2v) is 5.41. The molecule has 0 unspecified atom stereocenters. The molecular formula is C19H21NO6. The maximum atomic E-state index is 11.8. The molecule has 0 fully saturated rings. The van der Waals surface area contributed by atoms with Crippen molar-refractivity contribution in [3.8, 4) is 28.7 Å². The van der Waals surface area contributed by atoms with Gasteiger partial charge in [-0.15, -0.1) is 0 Å². The van der Waals surface area contributed by atoms with Gasteiger partial charge in [-0.3, -0.25) is 4.79 Å². The molecule has 0 bridgehead atoms. The van der Waals surface area contributed by atoms with Gasteiger partial charge in [0.05, 0.1) is 13.2 Å². The number of carbonyl (C=O) groups excluding carboxylic acids is 1. The number of benzene rings is 2. The smallest absolute Gasteiger partial charge is 0.258 e. The lowest BCUT2D eigenvalue weighted by Gasteiger charge is -2.10. The van der Waals surface area contributed by atoms with E-state index in [1.807, 2.05) is 6.92 Å². The zero-order valence-corrected chi connectivity index (χ0v) is 14.5. The number of carbonyl (C=O) groups is 1. The van der Waals surface area contributed by atoms with E-state index in [4.69, 9.17) is 23.7 Å². The van der Waals surface area contributed by atoms with Crippen molar-refractivity contribution in [3.05, 3.63) is 42.5 Å². The Balaban J connectivity index is 1.32. The molecule has 7 nitrogen and oxygen atoms in total. The Morgan fingerprint density at radius 3 is 2.42 bits per heavy atom. The van der Waals surface area contributed by atoms with Crippen LogP contribution in [0.5, 0.6) is 28.7 Å². The van der Waals surface area contributed by atoms with Crippen LogP contribution in [0, 0.1) is 0 Å². The Hall–Kier alpha value is -3.09. The van der Waals surface area contributed by atoms with Crippen LogP contribution in [-0.2, 0) is 4.79 Å². The van der Waals surface area contributed by atoms with Crippen LogP contribution in [-0.4, -0.2) is 39.1 Å². The summed E-state index contributed by atoms with van der Waals surface area (Å²) in [5.74, 6) is 3.19. The molecule has 1 N–H and O–H groups in total. The number of fused-ring (bicyclic) bond motifs is 1. The first-order chi connectivity index (χ1) is 12.7. The highest BCUT2D eigenvalue weighted by Gasteiger charge is 2.13. The van der Waals surface area contributed by atoms with Gasteiger partial charge in [-0.25, -0.2) is 0 Å². The van der Waals surface area contributed by atoms with Gasteiger partial charge in [0.25, 0.3) is 5.91 Å². The molecule has 1 aliphatic heterocycles. The lowest BCUT2D eigenvalue weighted by molar-refractivity contribution is -0.123. The Morgan fingerprint density at radius 2 is 1.65 bits per heavy atom. The zero-order chi connectivity index (χ0) is 18.2. The predicted molar refractivity (Wildman–Crippen MR) is 94.2 cm³/mol. The third-order valence-electron chi connectivity index (χ3n) is 3.54. The minimum atomic E-state index is -0.215. The standard InChI is InChI=1S/C19H21NO6/c1-2-22-14-3-5-15(6-4-14)24-12-19(21)20-9-10-23-16-7-8-17-18(11-16)26-13-25-17/h3-8,11H,2,9-10,12-13H2,1H3,(H,20,21). The van der Waals surface area contributed by atoms with Gasteiger partial charge in [0.2, 0.25) is 6.79 Å². The summed E-state index contributed by atoms with van der Waals surface area (Å²) >= 11 is 0. The van der Waals surface area contributed by atoms with Gasteiger partial charge in [-0.05, 0) is 43.3 Å². The molecule has 138 valence electrons. The van der Waals surface area contributed by atoms with Crippen LogP contribution in [0.4, 0.5) is 0 Å². The number of hydrogen-bond acceptors (Lipinski definition) is 6. The topological polar surface area (TPSA) is 75.3 Å². The molecule has 1 heterocycles. The molecule has 0 atom stereocenters. The maximum absolute atomic E-state index is 11.8. The number of amides is 1. The molecule has 0 spiro atoms. The van der Waals surface area contributed by atoms with Crippen LogP contribution in [0.25, 0.3) is 0 Å². The fraction of sp³-hybridized carbons (Fsp3) is 0.316. The van der Waals surface area contributed by atoms with Gasteiger partial charge < -0.3 is 29.0 Å². The SMILES string of the molecule is CCOc1ccc(OCC(=O)NCCOc2ccc3c(c2)OCO3)cc1. The lowest BCUT2D eigenvalue weighted by atomic mass is 10.3. The van der Waals surface area contributed by atoms with Gasteiger partial charge in [-0.1, -0.05) is 0 Å². The number of rotatable bonds is 9. The summed E-state index contributed by atoms with van der Waals surface area (Å²) in [4.78, 5) is 11.8. The molecule has 0 saturated carbocycles. The summed E-state index contributed by atoms with van der Waals surface area (Å²) in [6.07, 6.45) is 0. The quantitative estimate of drug-likeness (QED) is 0.693. The first kappa shape index (κ1) is 17.7. The van der Waals surface area contributed by atoms with Crippen molar-refractivity contribution in [2.75, 3.05) is 33.2 Å². The van der Waals surface area contributed by atoms with Gasteiger partial charge in [0, 0.05) is 6.07 Å². The third-order valence-corrected chi connectivity index (χ3v) is 3.54. The van der Waals surface area contributed by atoms with E-state index in [0.717, 1.165) is 5.75 Å². The maximum Gasteiger partial charge on any atom is 0.258 e. The van der Waals surface area contributed by atoms with Crippen molar-refractivity contribution >= 4 is 5.91 Å². The van der Waals surface area contributed by atoms with Gasteiger partial charge in [0.15, 0.2) is 18.1 Å². The summed E-state index contributed by atoms with van der Waals surface area (Å²) in [6, 6.07) is 12.5. The lowest BCUT2D eigenvalue weighted by Crippen LogP contribution is -2.32. The molecule has 0 aromatic heterocycles. The van der Waals surface area contributed by atoms with Gasteiger partial charge in [-0.2, -0.15) is 0 Å². The van der Waals surface area contributed by atoms with E-state index in [0.29, 0.717) is 42.8 Å². The highest BCUT2D eigenvalue weighted by atomic mass is 16.7. The number of nitrogens with one attached hydrogen (secondary N) is 1. The van der Waals surface area contributed by atoms with Crippen LogP contribution in [0.2, 0.25) is 0 Å². The average molecular weight is 359 g/mol. The Bertz CT molecular complexity index is 731.